The number of fused-ring (bicyclic) bond motifs is 1. The molecule has 0 atom stereocenters. The van der Waals surface area contributed by atoms with E-state index in [0.29, 0.717) is 22.0 Å². The molecule has 1 saturated heterocycles. The number of piperazine rings is 1. The van der Waals surface area contributed by atoms with Gasteiger partial charge < -0.3 is 15.0 Å². The third-order valence-corrected chi connectivity index (χ3v) is 7.85. The highest BCUT2D eigenvalue weighted by atomic mass is 35.5. The van der Waals surface area contributed by atoms with Crippen LogP contribution in [0.5, 0.6) is 11.5 Å². The molecule has 1 aliphatic rings. The van der Waals surface area contributed by atoms with Crippen LogP contribution in [-0.4, -0.2) is 38.6 Å². The average molecular weight is 529 g/mol. The van der Waals surface area contributed by atoms with Gasteiger partial charge in [0, 0.05) is 43.4 Å². The number of nitrogens with zero attached hydrogens (tertiary/aromatic N) is 3. The Kier molecular flexibility index (Phi) is 7.24. The van der Waals surface area contributed by atoms with Crippen LogP contribution >= 0.6 is 24.0 Å². The van der Waals surface area contributed by atoms with E-state index in [9.17, 15) is 13.7 Å². The maximum Gasteiger partial charge on any atom is 0.268 e. The molecular formula is C25H22Cl2N4O3S. The molecule has 0 spiro atoms. The lowest BCUT2D eigenvalue weighted by Gasteiger charge is -2.30. The quantitative estimate of drug-likeness (QED) is 0.391. The molecule has 0 amide bonds. The van der Waals surface area contributed by atoms with Crippen molar-refractivity contribution in [1.29, 1.82) is 5.26 Å². The van der Waals surface area contributed by atoms with Crippen molar-refractivity contribution in [3.05, 3.63) is 83.5 Å². The van der Waals surface area contributed by atoms with Gasteiger partial charge in [-0.15, -0.1) is 12.4 Å². The van der Waals surface area contributed by atoms with Gasteiger partial charge in [-0.05, 0) is 54.6 Å². The highest BCUT2D eigenvalue weighted by Crippen LogP contribution is 2.32. The minimum Gasteiger partial charge on any atom is -0.456 e. The zero-order valence-electron chi connectivity index (χ0n) is 18.5. The molecule has 7 nitrogen and oxygen atoms in total. The van der Waals surface area contributed by atoms with Crippen LogP contribution < -0.4 is 15.0 Å². The second-order valence-corrected chi connectivity index (χ2v) is 10.1. The number of halogens is 2. The van der Waals surface area contributed by atoms with E-state index in [-0.39, 0.29) is 22.9 Å². The van der Waals surface area contributed by atoms with Gasteiger partial charge in [0.1, 0.15) is 23.1 Å². The zero-order chi connectivity index (χ0) is 23.7. The Morgan fingerprint density at radius 2 is 1.69 bits per heavy atom. The van der Waals surface area contributed by atoms with Crippen LogP contribution in [0.4, 0.5) is 5.69 Å². The lowest BCUT2D eigenvalue weighted by Crippen LogP contribution is -2.43. The van der Waals surface area contributed by atoms with Crippen molar-refractivity contribution < 1.29 is 13.2 Å². The van der Waals surface area contributed by atoms with Crippen molar-refractivity contribution in [2.75, 3.05) is 31.1 Å². The Labute approximate surface area is 214 Å². The standard InChI is InChI=1S/C25H21ClN4O3S.ClH/c26-22-3-1-6-25(21(22)17-27)33-18-7-9-19(10-8-18)34(31,32)30-14-11-20-23(4-2-5-24(20)30)29-15-12-28-13-16-29;/h1-11,14,28H,12-13,15-16H2;1H. The summed E-state index contributed by atoms with van der Waals surface area (Å²) in [7, 11) is -3.82. The van der Waals surface area contributed by atoms with Crippen molar-refractivity contribution in [3.63, 3.8) is 0 Å². The van der Waals surface area contributed by atoms with Gasteiger partial charge in [0.05, 0.1) is 15.4 Å². The van der Waals surface area contributed by atoms with Crippen molar-refractivity contribution in [2.45, 2.75) is 4.90 Å². The van der Waals surface area contributed by atoms with Crippen molar-refractivity contribution in [3.8, 4) is 17.6 Å². The first-order valence-corrected chi connectivity index (χ1v) is 12.6. The number of nitrogens with one attached hydrogen (secondary N) is 1. The van der Waals surface area contributed by atoms with E-state index in [1.165, 1.54) is 16.1 Å². The maximum absolute atomic E-state index is 13.4. The molecule has 1 aliphatic heterocycles. The molecule has 0 unspecified atom stereocenters. The Bertz CT molecular complexity index is 1510. The number of ether oxygens (including phenoxy) is 1. The predicted octanol–water partition coefficient (Wildman–Crippen LogP) is 5.03. The van der Waals surface area contributed by atoms with E-state index in [2.05, 4.69) is 10.2 Å². The topological polar surface area (TPSA) is 87.4 Å². The van der Waals surface area contributed by atoms with Gasteiger partial charge in [-0.2, -0.15) is 5.26 Å². The number of anilines is 1. The molecule has 1 N–H and O–H groups in total. The molecule has 1 aromatic heterocycles. The largest absolute Gasteiger partial charge is 0.456 e. The van der Waals surface area contributed by atoms with Crippen molar-refractivity contribution in [2.24, 2.45) is 0 Å². The predicted molar refractivity (Wildman–Crippen MR) is 140 cm³/mol. The minimum absolute atomic E-state index is 0. The summed E-state index contributed by atoms with van der Waals surface area (Å²) in [5, 5.41) is 13.8. The molecule has 0 radical (unpaired) electrons. The highest BCUT2D eigenvalue weighted by Gasteiger charge is 2.22. The first-order valence-electron chi connectivity index (χ1n) is 10.8. The van der Waals surface area contributed by atoms with Crippen LogP contribution in [-0.2, 0) is 10.0 Å². The van der Waals surface area contributed by atoms with Crippen LogP contribution in [0.15, 0.2) is 77.8 Å². The average Bonchev–Trinajstić information content (AvgIpc) is 3.30. The van der Waals surface area contributed by atoms with Crippen LogP contribution in [0, 0.1) is 11.3 Å². The number of benzene rings is 3. The first kappa shape index (κ1) is 24.9. The fourth-order valence-corrected chi connectivity index (χ4v) is 5.69. The Morgan fingerprint density at radius 1 is 0.971 bits per heavy atom. The molecule has 0 bridgehead atoms. The highest BCUT2D eigenvalue weighted by molar-refractivity contribution is 7.90. The molecular weight excluding hydrogens is 507 g/mol. The van der Waals surface area contributed by atoms with Gasteiger partial charge in [-0.25, -0.2) is 12.4 Å². The minimum atomic E-state index is -3.82. The Morgan fingerprint density at radius 3 is 2.40 bits per heavy atom. The molecule has 35 heavy (non-hydrogen) atoms. The van der Waals surface area contributed by atoms with Crippen LogP contribution in [0.3, 0.4) is 0 Å². The molecule has 0 aliphatic carbocycles. The monoisotopic (exact) mass is 528 g/mol. The molecule has 1 fully saturated rings. The summed E-state index contributed by atoms with van der Waals surface area (Å²) in [6.07, 6.45) is 1.60. The molecule has 5 rings (SSSR count). The normalized spacial score (nSPS) is 13.8. The number of hydrogen-bond donors (Lipinski definition) is 1. The van der Waals surface area contributed by atoms with Crippen LogP contribution in [0.1, 0.15) is 5.56 Å². The summed E-state index contributed by atoms with van der Waals surface area (Å²) in [5.41, 5.74) is 1.89. The van der Waals surface area contributed by atoms with Gasteiger partial charge in [0.15, 0.2) is 0 Å². The van der Waals surface area contributed by atoms with Crippen molar-refractivity contribution >= 4 is 50.6 Å². The summed E-state index contributed by atoms with van der Waals surface area (Å²) in [6.45, 7) is 3.54. The third-order valence-electron chi connectivity index (χ3n) is 5.83. The lowest BCUT2D eigenvalue weighted by atomic mass is 10.2. The molecule has 2 heterocycles. The fraction of sp³-hybridized carbons (Fsp3) is 0.160. The lowest BCUT2D eigenvalue weighted by molar-refractivity contribution is 0.480. The second-order valence-electron chi connectivity index (χ2n) is 7.86. The SMILES string of the molecule is Cl.N#Cc1c(Cl)cccc1Oc1ccc(S(=O)(=O)n2ccc3c(N4CCNCC4)cccc32)cc1. The summed E-state index contributed by atoms with van der Waals surface area (Å²) in [5.74, 6) is 0.707. The smallest absolute Gasteiger partial charge is 0.268 e. The van der Waals surface area contributed by atoms with Crippen LogP contribution in [0.25, 0.3) is 10.9 Å². The van der Waals surface area contributed by atoms with Gasteiger partial charge in [0.25, 0.3) is 10.0 Å². The van der Waals surface area contributed by atoms with E-state index in [4.69, 9.17) is 16.3 Å². The second kappa shape index (κ2) is 10.2. The summed E-state index contributed by atoms with van der Waals surface area (Å²) in [6, 6.07) is 20.6. The van der Waals surface area contributed by atoms with E-state index in [1.54, 1.807) is 36.5 Å². The van der Waals surface area contributed by atoms with Gasteiger partial charge >= 0.3 is 0 Å². The summed E-state index contributed by atoms with van der Waals surface area (Å²) >= 11 is 6.06. The molecule has 0 saturated carbocycles. The fourth-order valence-electron chi connectivity index (χ4n) is 4.14. The van der Waals surface area contributed by atoms with Gasteiger partial charge in [0.2, 0.25) is 0 Å². The van der Waals surface area contributed by atoms with Gasteiger partial charge in [-0.1, -0.05) is 23.7 Å². The molecule has 3 aromatic carbocycles. The van der Waals surface area contributed by atoms with E-state index in [0.717, 1.165) is 37.3 Å². The number of aromatic nitrogens is 1. The molecule has 4 aromatic rings. The number of hydrogen-bond acceptors (Lipinski definition) is 6. The summed E-state index contributed by atoms with van der Waals surface area (Å²) < 4.78 is 34.0. The van der Waals surface area contributed by atoms with Crippen LogP contribution in [0.2, 0.25) is 5.02 Å². The number of rotatable bonds is 5. The van der Waals surface area contributed by atoms with Gasteiger partial charge in [-0.3, -0.25) is 0 Å². The molecule has 10 heteroatoms. The maximum atomic E-state index is 13.4. The third kappa shape index (κ3) is 4.68. The Balaban J connectivity index is 0.00000289. The zero-order valence-corrected chi connectivity index (χ0v) is 20.9. The van der Waals surface area contributed by atoms with E-state index in [1.807, 2.05) is 30.3 Å². The molecule has 180 valence electrons. The van der Waals surface area contributed by atoms with Crippen molar-refractivity contribution in [1.82, 2.24) is 9.29 Å². The van der Waals surface area contributed by atoms with E-state index < -0.39 is 10.0 Å². The first-order chi connectivity index (χ1) is 16.5. The van der Waals surface area contributed by atoms with E-state index >= 15 is 0 Å². The number of nitriles is 1. The summed E-state index contributed by atoms with van der Waals surface area (Å²) in [4.78, 5) is 2.41. The Hall–Kier alpha value is -3.22.